The van der Waals surface area contributed by atoms with Gasteiger partial charge in [-0.15, -0.1) is 5.10 Å². The van der Waals surface area contributed by atoms with Crippen molar-refractivity contribution in [2.45, 2.75) is 6.54 Å². The van der Waals surface area contributed by atoms with Crippen LogP contribution in [0.3, 0.4) is 0 Å². The van der Waals surface area contributed by atoms with Gasteiger partial charge < -0.3 is 20.1 Å². The maximum absolute atomic E-state index is 12.4. The molecule has 0 saturated heterocycles. The van der Waals surface area contributed by atoms with Gasteiger partial charge in [-0.05, 0) is 41.8 Å². The van der Waals surface area contributed by atoms with Crippen molar-refractivity contribution in [2.24, 2.45) is 0 Å². The van der Waals surface area contributed by atoms with Crippen LogP contribution in [0.2, 0.25) is 0 Å². The van der Waals surface area contributed by atoms with E-state index in [0.29, 0.717) is 5.82 Å². The van der Waals surface area contributed by atoms with Crippen molar-refractivity contribution in [3.8, 4) is 0 Å². The summed E-state index contributed by atoms with van der Waals surface area (Å²) in [6, 6.07) is 19.4. The van der Waals surface area contributed by atoms with E-state index in [1.54, 1.807) is 6.20 Å². The van der Waals surface area contributed by atoms with E-state index < -0.39 is 0 Å². The predicted octanol–water partition coefficient (Wildman–Crippen LogP) is 3.88. The predicted molar refractivity (Wildman–Crippen MR) is 117 cm³/mol. The molecule has 2 heterocycles. The van der Waals surface area contributed by atoms with Gasteiger partial charge in [0.05, 0.1) is 11.9 Å². The Morgan fingerprint density at radius 2 is 1.79 bits per heavy atom. The third kappa shape index (κ3) is 4.35. The first kappa shape index (κ1) is 18.5. The Labute approximate surface area is 169 Å². The van der Waals surface area contributed by atoms with Crippen LogP contribution >= 0.6 is 0 Å². The highest BCUT2D eigenvalue weighted by atomic mass is 16.1. The summed E-state index contributed by atoms with van der Waals surface area (Å²) in [6.07, 6.45) is 3.64. The summed E-state index contributed by atoms with van der Waals surface area (Å²) < 4.78 is 1.94. The van der Waals surface area contributed by atoms with Crippen LogP contribution < -0.4 is 15.5 Å². The lowest BCUT2D eigenvalue weighted by Gasteiger charge is -2.13. The first-order chi connectivity index (χ1) is 14.1. The van der Waals surface area contributed by atoms with E-state index in [0.717, 1.165) is 28.0 Å². The second-order valence-corrected chi connectivity index (χ2v) is 6.95. The number of anilines is 4. The normalized spacial score (nSPS) is 10.7. The van der Waals surface area contributed by atoms with E-state index in [9.17, 15) is 4.79 Å². The van der Waals surface area contributed by atoms with E-state index in [-0.39, 0.29) is 12.5 Å². The van der Waals surface area contributed by atoms with Gasteiger partial charge in [0.25, 0.3) is 0 Å². The number of para-hydroxylation sites is 1. The molecule has 2 N–H and O–H groups in total. The number of aromatic nitrogens is 3. The molecule has 0 aliphatic rings. The van der Waals surface area contributed by atoms with Crippen molar-refractivity contribution < 1.29 is 4.79 Å². The summed E-state index contributed by atoms with van der Waals surface area (Å²) in [4.78, 5) is 14.4. The zero-order valence-electron chi connectivity index (χ0n) is 16.3. The number of carbonyl (C=O) groups is 1. The molecular weight excluding hydrogens is 364 g/mol. The van der Waals surface area contributed by atoms with E-state index in [2.05, 4.69) is 20.8 Å². The molecule has 0 aliphatic carbocycles. The van der Waals surface area contributed by atoms with Gasteiger partial charge in [-0.2, -0.15) is 5.10 Å². The van der Waals surface area contributed by atoms with Crippen molar-refractivity contribution >= 4 is 39.7 Å². The van der Waals surface area contributed by atoms with E-state index in [4.69, 9.17) is 0 Å². The lowest BCUT2D eigenvalue weighted by atomic mass is 10.2. The number of carbonyl (C=O) groups excluding carboxylic acids is 1. The second-order valence-electron chi connectivity index (χ2n) is 6.95. The van der Waals surface area contributed by atoms with Crippen LogP contribution in [0.5, 0.6) is 0 Å². The number of rotatable bonds is 6. The Morgan fingerprint density at radius 3 is 2.59 bits per heavy atom. The standard InChI is InChI=1S/C22H22N6O/c1-27(2)19-13-21(26-23-14-19)24-17-7-9-18(10-8-17)25-22(29)15-28-12-11-16-5-3-4-6-20(16)28/h3-14H,15H2,1-2H3,(H,24,26)(H,25,29). The summed E-state index contributed by atoms with van der Waals surface area (Å²) in [5, 5.41) is 15.4. The average molecular weight is 386 g/mol. The molecule has 0 aliphatic heterocycles. The molecule has 0 fully saturated rings. The molecule has 2 aromatic heterocycles. The summed E-state index contributed by atoms with van der Waals surface area (Å²) in [5.41, 5.74) is 3.61. The molecule has 0 spiro atoms. The molecule has 1 amide bonds. The van der Waals surface area contributed by atoms with Gasteiger partial charge in [0.1, 0.15) is 6.54 Å². The van der Waals surface area contributed by atoms with E-state index in [1.807, 2.05) is 90.4 Å². The van der Waals surface area contributed by atoms with Crippen LogP contribution in [0, 0.1) is 0 Å². The van der Waals surface area contributed by atoms with Crippen LogP contribution in [0.1, 0.15) is 0 Å². The van der Waals surface area contributed by atoms with Gasteiger partial charge in [0, 0.05) is 43.3 Å². The van der Waals surface area contributed by atoms with Crippen molar-refractivity contribution in [1.29, 1.82) is 0 Å². The highest BCUT2D eigenvalue weighted by Gasteiger charge is 2.07. The summed E-state index contributed by atoms with van der Waals surface area (Å²) in [5.74, 6) is 0.587. The molecule has 2 aromatic carbocycles. The van der Waals surface area contributed by atoms with E-state index >= 15 is 0 Å². The molecule has 0 saturated carbocycles. The largest absolute Gasteiger partial charge is 0.376 e. The molecule has 0 bridgehead atoms. The van der Waals surface area contributed by atoms with Crippen LogP contribution in [0.25, 0.3) is 10.9 Å². The highest BCUT2D eigenvalue weighted by molar-refractivity contribution is 5.92. The Morgan fingerprint density at radius 1 is 1.03 bits per heavy atom. The number of amides is 1. The smallest absolute Gasteiger partial charge is 0.244 e. The maximum Gasteiger partial charge on any atom is 0.244 e. The minimum absolute atomic E-state index is 0.0726. The molecule has 7 nitrogen and oxygen atoms in total. The van der Waals surface area contributed by atoms with Gasteiger partial charge in [-0.25, -0.2) is 0 Å². The maximum atomic E-state index is 12.4. The topological polar surface area (TPSA) is 75.1 Å². The lowest BCUT2D eigenvalue weighted by molar-refractivity contribution is -0.116. The van der Waals surface area contributed by atoms with Gasteiger partial charge in [-0.3, -0.25) is 4.79 Å². The molecular formula is C22H22N6O. The molecule has 146 valence electrons. The molecule has 0 radical (unpaired) electrons. The highest BCUT2D eigenvalue weighted by Crippen LogP contribution is 2.20. The SMILES string of the molecule is CN(C)c1cnnc(Nc2ccc(NC(=O)Cn3ccc4ccccc43)cc2)c1. The van der Waals surface area contributed by atoms with Gasteiger partial charge in [0.15, 0.2) is 5.82 Å². The Hall–Kier alpha value is -3.87. The third-order valence-corrected chi connectivity index (χ3v) is 4.59. The number of nitrogens with zero attached hydrogens (tertiary/aromatic N) is 4. The average Bonchev–Trinajstić information content (AvgIpc) is 3.12. The minimum Gasteiger partial charge on any atom is -0.376 e. The van der Waals surface area contributed by atoms with Crippen molar-refractivity contribution in [3.05, 3.63) is 73.1 Å². The number of hydrogen-bond donors (Lipinski definition) is 2. The number of benzene rings is 2. The van der Waals surface area contributed by atoms with Gasteiger partial charge >= 0.3 is 0 Å². The van der Waals surface area contributed by atoms with Crippen LogP contribution in [-0.2, 0) is 11.3 Å². The molecule has 29 heavy (non-hydrogen) atoms. The minimum atomic E-state index is -0.0726. The quantitative estimate of drug-likeness (QED) is 0.526. The number of hydrogen-bond acceptors (Lipinski definition) is 5. The monoisotopic (exact) mass is 386 g/mol. The van der Waals surface area contributed by atoms with Crippen LogP contribution in [0.4, 0.5) is 22.9 Å². The van der Waals surface area contributed by atoms with Gasteiger partial charge in [0.2, 0.25) is 5.91 Å². The fraction of sp³-hybridized carbons (Fsp3) is 0.136. The fourth-order valence-electron chi connectivity index (χ4n) is 3.08. The summed E-state index contributed by atoms with van der Waals surface area (Å²) in [6.45, 7) is 0.264. The first-order valence-electron chi connectivity index (χ1n) is 9.29. The molecule has 0 unspecified atom stereocenters. The third-order valence-electron chi connectivity index (χ3n) is 4.59. The van der Waals surface area contributed by atoms with Crippen molar-refractivity contribution in [3.63, 3.8) is 0 Å². The Balaban J connectivity index is 1.39. The number of fused-ring (bicyclic) bond motifs is 1. The molecule has 7 heteroatoms. The number of nitrogens with one attached hydrogen (secondary N) is 2. The zero-order chi connectivity index (χ0) is 20.2. The Bertz CT molecular complexity index is 1130. The van der Waals surface area contributed by atoms with Crippen molar-refractivity contribution in [2.75, 3.05) is 29.6 Å². The fourth-order valence-corrected chi connectivity index (χ4v) is 3.08. The first-order valence-corrected chi connectivity index (χ1v) is 9.29. The molecule has 0 atom stereocenters. The molecule has 4 aromatic rings. The van der Waals surface area contributed by atoms with E-state index in [1.165, 1.54) is 0 Å². The zero-order valence-corrected chi connectivity index (χ0v) is 16.3. The second kappa shape index (κ2) is 8.02. The van der Waals surface area contributed by atoms with Gasteiger partial charge in [-0.1, -0.05) is 18.2 Å². The lowest BCUT2D eigenvalue weighted by Crippen LogP contribution is -2.18. The Kier molecular flexibility index (Phi) is 5.11. The molecule has 4 rings (SSSR count). The van der Waals surface area contributed by atoms with Crippen LogP contribution in [0.15, 0.2) is 73.1 Å². The van der Waals surface area contributed by atoms with Crippen molar-refractivity contribution in [1.82, 2.24) is 14.8 Å². The van der Waals surface area contributed by atoms with Crippen LogP contribution in [-0.4, -0.2) is 34.8 Å². The summed E-state index contributed by atoms with van der Waals surface area (Å²) >= 11 is 0. The summed E-state index contributed by atoms with van der Waals surface area (Å²) in [7, 11) is 3.91.